The van der Waals surface area contributed by atoms with Gasteiger partial charge in [-0.15, -0.1) is 11.3 Å². The number of pyridine rings is 1. The Morgan fingerprint density at radius 2 is 1.72 bits per heavy atom. The molecule has 11 heteroatoms. The van der Waals surface area contributed by atoms with Gasteiger partial charge in [0.15, 0.2) is 0 Å². The highest BCUT2D eigenvalue weighted by molar-refractivity contribution is 7.09. The molecule has 2 aromatic heterocycles. The van der Waals surface area contributed by atoms with Crippen molar-refractivity contribution >= 4 is 17.2 Å². The lowest BCUT2D eigenvalue weighted by atomic mass is 9.97. The smallest absolute Gasteiger partial charge is 0.342 e. The van der Waals surface area contributed by atoms with E-state index in [-0.39, 0.29) is 11.8 Å². The SMILES string of the molecule is O=C(Cn1cccc(C(F)(F)F)c1=O)N1CCC(c2nc(C3OCc4ccccc4CO3)cs2)CC1. The highest BCUT2D eigenvalue weighted by Crippen LogP contribution is 2.34. The summed E-state index contributed by atoms with van der Waals surface area (Å²) in [5, 5.41) is 2.88. The largest absolute Gasteiger partial charge is 0.421 e. The lowest BCUT2D eigenvalue weighted by Gasteiger charge is -2.31. The Balaban J connectivity index is 1.17. The van der Waals surface area contributed by atoms with Crippen LogP contribution in [0.15, 0.2) is 52.8 Å². The van der Waals surface area contributed by atoms with E-state index in [2.05, 4.69) is 0 Å². The van der Waals surface area contributed by atoms with Crippen LogP contribution in [0.4, 0.5) is 13.2 Å². The Kier molecular flexibility index (Phi) is 6.96. The van der Waals surface area contributed by atoms with Gasteiger partial charge in [0.05, 0.1) is 18.2 Å². The van der Waals surface area contributed by atoms with E-state index in [0.717, 1.165) is 38.5 Å². The average molecular weight is 520 g/mol. The predicted octanol–water partition coefficient (Wildman–Crippen LogP) is 4.48. The fourth-order valence-electron chi connectivity index (χ4n) is 4.48. The number of aromatic nitrogens is 2. The summed E-state index contributed by atoms with van der Waals surface area (Å²) in [4.78, 5) is 31.2. The number of amides is 1. The summed E-state index contributed by atoms with van der Waals surface area (Å²) in [6.07, 6.45) is -2.75. The zero-order chi connectivity index (χ0) is 25.3. The highest BCUT2D eigenvalue weighted by Gasteiger charge is 2.35. The Morgan fingerprint density at radius 1 is 1.06 bits per heavy atom. The molecule has 0 radical (unpaired) electrons. The molecular weight excluding hydrogens is 495 g/mol. The summed E-state index contributed by atoms with van der Waals surface area (Å²) >= 11 is 1.53. The number of rotatable bonds is 4. The molecule has 5 rings (SSSR count). The van der Waals surface area contributed by atoms with Crippen molar-refractivity contribution in [2.75, 3.05) is 13.1 Å². The molecule has 1 aromatic carbocycles. The normalized spacial score (nSPS) is 17.6. The third-order valence-corrected chi connectivity index (χ3v) is 7.53. The maximum absolute atomic E-state index is 13.0. The van der Waals surface area contributed by atoms with Gasteiger partial charge in [0.2, 0.25) is 12.2 Å². The molecule has 2 aliphatic heterocycles. The van der Waals surface area contributed by atoms with Gasteiger partial charge < -0.3 is 18.9 Å². The molecule has 1 fully saturated rings. The Hall–Kier alpha value is -3.02. The van der Waals surface area contributed by atoms with Crippen LogP contribution in [0.3, 0.4) is 0 Å². The fourth-order valence-corrected chi connectivity index (χ4v) is 5.48. The average Bonchev–Trinajstić information content (AvgIpc) is 3.25. The molecule has 0 aliphatic carbocycles. The number of thiazole rings is 1. The zero-order valence-corrected chi connectivity index (χ0v) is 20.1. The topological polar surface area (TPSA) is 73.7 Å². The second-order valence-corrected chi connectivity index (χ2v) is 9.73. The molecule has 0 saturated carbocycles. The van der Waals surface area contributed by atoms with Crippen LogP contribution in [0.1, 0.15) is 52.4 Å². The minimum Gasteiger partial charge on any atom is -0.342 e. The fraction of sp³-hybridized carbons (Fsp3) is 0.400. The number of piperidine rings is 1. The number of nitrogens with zero attached hydrogens (tertiary/aromatic N) is 3. The van der Waals surface area contributed by atoms with E-state index in [1.54, 1.807) is 4.90 Å². The zero-order valence-electron chi connectivity index (χ0n) is 19.2. The summed E-state index contributed by atoms with van der Waals surface area (Å²) in [7, 11) is 0. The molecule has 1 amide bonds. The number of alkyl halides is 3. The van der Waals surface area contributed by atoms with Crippen molar-refractivity contribution in [2.24, 2.45) is 0 Å². The molecule has 0 spiro atoms. The van der Waals surface area contributed by atoms with Crippen LogP contribution in [0.25, 0.3) is 0 Å². The third-order valence-electron chi connectivity index (χ3n) is 6.51. The van der Waals surface area contributed by atoms with Gasteiger partial charge in [0, 0.05) is 30.6 Å². The van der Waals surface area contributed by atoms with E-state index in [1.165, 1.54) is 17.5 Å². The summed E-state index contributed by atoms with van der Waals surface area (Å²) in [5.41, 5.74) is 0.432. The van der Waals surface area contributed by atoms with Crippen molar-refractivity contribution in [1.82, 2.24) is 14.5 Å². The second kappa shape index (κ2) is 10.2. The Labute approximate surface area is 209 Å². The number of carbonyl (C=O) groups is 1. The second-order valence-electron chi connectivity index (χ2n) is 8.84. The van der Waals surface area contributed by atoms with Crippen LogP contribution in [0, 0.1) is 0 Å². The first kappa shape index (κ1) is 24.7. The maximum Gasteiger partial charge on any atom is 0.421 e. The van der Waals surface area contributed by atoms with Crippen LogP contribution >= 0.6 is 11.3 Å². The van der Waals surface area contributed by atoms with Crippen LogP contribution < -0.4 is 5.56 Å². The molecule has 4 heterocycles. The maximum atomic E-state index is 13.0. The molecule has 7 nitrogen and oxygen atoms in total. The lowest BCUT2D eigenvalue weighted by molar-refractivity contribution is -0.155. The Bertz CT molecular complexity index is 1270. The molecule has 1 saturated heterocycles. The first-order valence-corrected chi connectivity index (χ1v) is 12.5. The van der Waals surface area contributed by atoms with Crippen molar-refractivity contribution in [3.63, 3.8) is 0 Å². The van der Waals surface area contributed by atoms with Gasteiger partial charge in [-0.05, 0) is 36.1 Å². The molecule has 0 atom stereocenters. The molecule has 0 N–H and O–H groups in total. The van der Waals surface area contributed by atoms with Gasteiger partial charge in [-0.25, -0.2) is 4.98 Å². The lowest BCUT2D eigenvalue weighted by Crippen LogP contribution is -2.41. The molecule has 0 unspecified atom stereocenters. The number of carbonyl (C=O) groups excluding carboxylic acids is 1. The van der Waals surface area contributed by atoms with E-state index in [9.17, 15) is 22.8 Å². The molecule has 0 bridgehead atoms. The van der Waals surface area contributed by atoms with Gasteiger partial charge in [0.25, 0.3) is 5.56 Å². The summed E-state index contributed by atoms with van der Waals surface area (Å²) in [6.45, 7) is 1.36. The summed E-state index contributed by atoms with van der Waals surface area (Å²) in [6, 6.07) is 9.83. The minimum atomic E-state index is -4.76. The standard InChI is InChI=1S/C25H24F3N3O4S/c26-25(27,28)19-6-3-9-31(23(19)33)12-21(32)30-10-7-16(8-11-30)22-29-20(15-36-22)24-34-13-17-4-1-2-5-18(17)14-35-24/h1-6,9,15-16,24H,7-8,10-14H2. The number of fused-ring (bicyclic) bond motifs is 1. The number of halogens is 3. The molecule has 2 aliphatic rings. The Morgan fingerprint density at radius 3 is 2.36 bits per heavy atom. The van der Waals surface area contributed by atoms with Gasteiger partial charge >= 0.3 is 6.18 Å². The van der Waals surface area contributed by atoms with Crippen molar-refractivity contribution < 1.29 is 27.4 Å². The van der Waals surface area contributed by atoms with Crippen LogP contribution in [0.2, 0.25) is 0 Å². The van der Waals surface area contributed by atoms with E-state index >= 15 is 0 Å². The van der Waals surface area contributed by atoms with Crippen LogP contribution in [-0.2, 0) is 40.2 Å². The first-order chi connectivity index (χ1) is 17.3. The van der Waals surface area contributed by atoms with Gasteiger partial charge in [0.1, 0.15) is 17.8 Å². The van der Waals surface area contributed by atoms with E-state index in [4.69, 9.17) is 14.5 Å². The van der Waals surface area contributed by atoms with Crippen molar-refractivity contribution in [3.8, 4) is 0 Å². The molecule has 3 aromatic rings. The molecular formula is C25H24F3N3O4S. The van der Waals surface area contributed by atoms with Crippen molar-refractivity contribution in [2.45, 2.75) is 51.0 Å². The highest BCUT2D eigenvalue weighted by atomic mass is 32.1. The minimum absolute atomic E-state index is 0.159. The number of ether oxygens (including phenoxy) is 2. The van der Waals surface area contributed by atoms with E-state index in [0.29, 0.717) is 39.1 Å². The molecule has 36 heavy (non-hydrogen) atoms. The van der Waals surface area contributed by atoms with E-state index in [1.807, 2.05) is 29.6 Å². The van der Waals surface area contributed by atoms with Gasteiger partial charge in [-0.1, -0.05) is 24.3 Å². The number of likely N-dealkylation sites (tertiary alicyclic amines) is 1. The van der Waals surface area contributed by atoms with Crippen molar-refractivity contribution in [3.05, 3.63) is 85.7 Å². The van der Waals surface area contributed by atoms with Gasteiger partial charge in [-0.2, -0.15) is 13.2 Å². The monoisotopic (exact) mass is 519 g/mol. The van der Waals surface area contributed by atoms with Crippen LogP contribution in [0.5, 0.6) is 0 Å². The molecule has 190 valence electrons. The number of hydrogen-bond donors (Lipinski definition) is 0. The first-order valence-electron chi connectivity index (χ1n) is 11.6. The number of benzene rings is 1. The summed E-state index contributed by atoms with van der Waals surface area (Å²) in [5.74, 6) is -0.221. The van der Waals surface area contributed by atoms with Crippen molar-refractivity contribution in [1.29, 1.82) is 0 Å². The summed E-state index contributed by atoms with van der Waals surface area (Å²) < 4.78 is 51.7. The van der Waals surface area contributed by atoms with Gasteiger partial charge in [-0.3, -0.25) is 9.59 Å². The third kappa shape index (κ3) is 5.23. The number of hydrogen-bond acceptors (Lipinski definition) is 6. The predicted molar refractivity (Wildman–Crippen MR) is 125 cm³/mol. The van der Waals surface area contributed by atoms with Crippen LogP contribution in [-0.4, -0.2) is 33.4 Å². The quantitative estimate of drug-likeness (QED) is 0.509. The van der Waals surface area contributed by atoms with E-state index < -0.39 is 30.1 Å².